The van der Waals surface area contributed by atoms with E-state index in [4.69, 9.17) is 9.47 Å². The predicted molar refractivity (Wildman–Crippen MR) is 72.1 cm³/mol. The summed E-state index contributed by atoms with van der Waals surface area (Å²) in [5.41, 5.74) is -0.556. The van der Waals surface area contributed by atoms with Crippen LogP contribution in [0.15, 0.2) is 16.6 Å². The van der Waals surface area contributed by atoms with Crippen LogP contribution in [-0.4, -0.2) is 23.6 Å². The van der Waals surface area contributed by atoms with Gasteiger partial charge in [-0.2, -0.15) is 0 Å². The first kappa shape index (κ1) is 16.4. The average molecular weight is 350 g/mol. The summed E-state index contributed by atoms with van der Waals surface area (Å²) in [6.07, 6.45) is -0.727. The van der Waals surface area contributed by atoms with Crippen LogP contribution < -0.4 is 4.74 Å². The van der Waals surface area contributed by atoms with Gasteiger partial charge in [0.1, 0.15) is 5.82 Å². The molecule has 0 radical (unpaired) electrons. The van der Waals surface area contributed by atoms with Gasteiger partial charge in [0.15, 0.2) is 6.10 Å². The Balaban J connectivity index is 3.12. The van der Waals surface area contributed by atoms with Gasteiger partial charge in [-0.3, -0.25) is 10.1 Å². The van der Waals surface area contributed by atoms with E-state index >= 15 is 0 Å². The lowest BCUT2D eigenvalue weighted by Crippen LogP contribution is -2.29. The largest absolute Gasteiger partial charge is 0.471 e. The van der Waals surface area contributed by atoms with E-state index in [-0.39, 0.29) is 23.2 Å². The highest BCUT2D eigenvalue weighted by molar-refractivity contribution is 9.10. The lowest BCUT2D eigenvalue weighted by Gasteiger charge is -2.16. The van der Waals surface area contributed by atoms with Crippen LogP contribution in [0.2, 0.25) is 0 Å². The van der Waals surface area contributed by atoms with Gasteiger partial charge in [-0.25, -0.2) is 9.18 Å². The SMILES string of the molecule is CCOC(=O)C(CC)Oc1c(Br)cc(F)cc1[N+](=O)[O-]. The van der Waals surface area contributed by atoms with Crippen LogP contribution in [0.5, 0.6) is 5.75 Å². The number of benzene rings is 1. The first-order valence-corrected chi connectivity index (χ1v) is 6.66. The summed E-state index contributed by atoms with van der Waals surface area (Å²) >= 11 is 2.99. The van der Waals surface area contributed by atoms with Crippen LogP contribution >= 0.6 is 15.9 Å². The maximum Gasteiger partial charge on any atom is 0.347 e. The average Bonchev–Trinajstić information content (AvgIpc) is 2.37. The van der Waals surface area contributed by atoms with E-state index in [0.29, 0.717) is 0 Å². The van der Waals surface area contributed by atoms with Gasteiger partial charge in [-0.1, -0.05) is 6.92 Å². The third-order valence-electron chi connectivity index (χ3n) is 2.37. The fraction of sp³-hybridized carbons (Fsp3) is 0.417. The summed E-state index contributed by atoms with van der Waals surface area (Å²) in [6, 6.07) is 1.76. The van der Waals surface area contributed by atoms with E-state index < -0.39 is 28.5 Å². The highest BCUT2D eigenvalue weighted by Crippen LogP contribution is 2.37. The van der Waals surface area contributed by atoms with Crippen LogP contribution in [0.3, 0.4) is 0 Å². The van der Waals surface area contributed by atoms with Gasteiger partial charge < -0.3 is 9.47 Å². The quantitative estimate of drug-likeness (QED) is 0.447. The molecular weight excluding hydrogens is 337 g/mol. The van der Waals surface area contributed by atoms with Crippen LogP contribution in [0, 0.1) is 15.9 Å². The Morgan fingerprint density at radius 1 is 1.50 bits per heavy atom. The van der Waals surface area contributed by atoms with Crippen LogP contribution in [0.4, 0.5) is 10.1 Å². The molecule has 0 N–H and O–H groups in total. The van der Waals surface area contributed by atoms with Crippen molar-refractivity contribution in [2.24, 2.45) is 0 Å². The molecule has 1 unspecified atom stereocenters. The van der Waals surface area contributed by atoms with Gasteiger partial charge in [-0.05, 0) is 35.3 Å². The number of nitro benzene ring substituents is 1. The minimum Gasteiger partial charge on any atom is -0.471 e. The summed E-state index contributed by atoms with van der Waals surface area (Å²) in [7, 11) is 0. The normalized spacial score (nSPS) is 11.8. The third-order valence-corrected chi connectivity index (χ3v) is 2.95. The van der Waals surface area contributed by atoms with Crippen molar-refractivity contribution in [1.82, 2.24) is 0 Å². The second kappa shape index (κ2) is 7.18. The highest BCUT2D eigenvalue weighted by atomic mass is 79.9. The Kier molecular flexibility index (Phi) is 5.87. The molecule has 0 aromatic heterocycles. The van der Waals surface area contributed by atoms with E-state index in [9.17, 15) is 19.3 Å². The number of esters is 1. The van der Waals surface area contributed by atoms with Crippen LogP contribution in [0.1, 0.15) is 20.3 Å². The number of nitro groups is 1. The Bertz CT molecular complexity index is 523. The van der Waals surface area contributed by atoms with Crippen LogP contribution in [0.25, 0.3) is 0 Å². The lowest BCUT2D eigenvalue weighted by molar-refractivity contribution is -0.386. The molecule has 1 aromatic rings. The topological polar surface area (TPSA) is 78.7 Å². The molecule has 0 saturated carbocycles. The summed E-state index contributed by atoms with van der Waals surface area (Å²) in [5.74, 6) is -1.60. The fourth-order valence-corrected chi connectivity index (χ4v) is 1.99. The van der Waals surface area contributed by atoms with Gasteiger partial charge >= 0.3 is 11.7 Å². The molecule has 0 heterocycles. The molecule has 110 valence electrons. The molecule has 8 heteroatoms. The van der Waals surface area contributed by atoms with Crippen molar-refractivity contribution < 1.29 is 23.6 Å². The molecule has 6 nitrogen and oxygen atoms in total. The van der Waals surface area contributed by atoms with E-state index in [0.717, 1.165) is 12.1 Å². The number of carbonyl (C=O) groups is 1. The molecule has 0 fully saturated rings. The predicted octanol–water partition coefficient (Wildman–Crippen LogP) is 3.22. The molecule has 0 aliphatic carbocycles. The minimum absolute atomic E-state index is 0.0620. The minimum atomic E-state index is -0.990. The monoisotopic (exact) mass is 349 g/mol. The van der Waals surface area contributed by atoms with Gasteiger partial charge in [0.25, 0.3) is 0 Å². The number of carbonyl (C=O) groups excluding carboxylic acids is 1. The third kappa shape index (κ3) is 3.89. The summed E-state index contributed by atoms with van der Waals surface area (Å²) in [5, 5.41) is 10.9. The number of hydrogen-bond donors (Lipinski definition) is 0. The first-order chi connectivity index (χ1) is 9.40. The Morgan fingerprint density at radius 3 is 2.65 bits per heavy atom. The Morgan fingerprint density at radius 2 is 2.15 bits per heavy atom. The van der Waals surface area contributed by atoms with Crippen molar-refractivity contribution in [3.8, 4) is 5.75 Å². The molecule has 1 rings (SSSR count). The van der Waals surface area contributed by atoms with Crippen molar-refractivity contribution in [2.75, 3.05) is 6.61 Å². The van der Waals surface area contributed by atoms with Crippen molar-refractivity contribution in [1.29, 1.82) is 0 Å². The van der Waals surface area contributed by atoms with Gasteiger partial charge in [-0.15, -0.1) is 0 Å². The van der Waals surface area contributed by atoms with Crippen LogP contribution in [-0.2, 0) is 9.53 Å². The molecule has 0 amide bonds. The molecule has 0 aliphatic heterocycles. The van der Waals surface area contributed by atoms with Crippen molar-refractivity contribution >= 4 is 27.6 Å². The molecule has 1 aromatic carbocycles. The number of ether oxygens (including phenoxy) is 2. The molecule has 0 spiro atoms. The van der Waals surface area contributed by atoms with Gasteiger partial charge in [0.2, 0.25) is 5.75 Å². The molecule has 0 bridgehead atoms. The summed E-state index contributed by atoms with van der Waals surface area (Å²) < 4.78 is 23.4. The fourth-order valence-electron chi connectivity index (χ4n) is 1.47. The standard InChI is InChI=1S/C12H13BrFNO5/c1-3-10(12(16)19-4-2)20-11-8(13)5-7(14)6-9(11)15(17)18/h5-6,10H,3-4H2,1-2H3. The molecular formula is C12H13BrFNO5. The zero-order chi connectivity index (χ0) is 15.3. The summed E-state index contributed by atoms with van der Waals surface area (Å²) in [4.78, 5) is 21.8. The number of rotatable bonds is 6. The first-order valence-electron chi connectivity index (χ1n) is 5.87. The second-order valence-electron chi connectivity index (χ2n) is 3.76. The van der Waals surface area contributed by atoms with E-state index in [1.807, 2.05) is 0 Å². The molecule has 20 heavy (non-hydrogen) atoms. The number of hydrogen-bond acceptors (Lipinski definition) is 5. The maximum atomic E-state index is 13.2. The number of nitrogens with zero attached hydrogens (tertiary/aromatic N) is 1. The maximum absolute atomic E-state index is 13.2. The smallest absolute Gasteiger partial charge is 0.347 e. The van der Waals surface area contributed by atoms with Crippen molar-refractivity contribution in [3.63, 3.8) is 0 Å². The molecule has 1 atom stereocenters. The number of halogens is 2. The van der Waals surface area contributed by atoms with Crippen molar-refractivity contribution in [2.45, 2.75) is 26.4 Å². The Hall–Kier alpha value is -1.70. The summed E-state index contributed by atoms with van der Waals surface area (Å²) in [6.45, 7) is 3.48. The lowest BCUT2D eigenvalue weighted by atomic mass is 10.2. The zero-order valence-corrected chi connectivity index (χ0v) is 12.5. The van der Waals surface area contributed by atoms with E-state index in [1.165, 1.54) is 0 Å². The highest BCUT2D eigenvalue weighted by Gasteiger charge is 2.27. The molecule has 0 aliphatic rings. The zero-order valence-electron chi connectivity index (χ0n) is 10.9. The second-order valence-corrected chi connectivity index (χ2v) is 4.61. The van der Waals surface area contributed by atoms with E-state index in [1.54, 1.807) is 13.8 Å². The van der Waals surface area contributed by atoms with E-state index in [2.05, 4.69) is 15.9 Å². The molecule has 0 saturated heterocycles. The van der Waals surface area contributed by atoms with Gasteiger partial charge in [0.05, 0.1) is 22.1 Å². The Labute approximate surface area is 123 Å². The van der Waals surface area contributed by atoms with Crippen molar-refractivity contribution in [3.05, 3.63) is 32.5 Å². The van der Waals surface area contributed by atoms with Gasteiger partial charge in [0, 0.05) is 0 Å².